The van der Waals surface area contributed by atoms with Crippen molar-refractivity contribution in [2.24, 2.45) is 5.92 Å². The van der Waals surface area contributed by atoms with Gasteiger partial charge in [0, 0.05) is 34.2 Å². The Kier molecular flexibility index (Phi) is 7.35. The Hall–Kier alpha value is -1.80. The van der Waals surface area contributed by atoms with Crippen molar-refractivity contribution in [3.05, 3.63) is 81.0 Å². The minimum atomic E-state index is -0.234. The highest BCUT2D eigenvalue weighted by molar-refractivity contribution is 9.11. The monoisotopic (exact) mass is 557 g/mol. The minimum absolute atomic E-state index is 0.0197. The fourth-order valence-corrected chi connectivity index (χ4v) is 7.72. The maximum Gasteiger partial charge on any atom is 0.415 e. The van der Waals surface area contributed by atoms with Crippen LogP contribution in [0.5, 0.6) is 0 Å². The number of aryl methyl sites for hydroxylation is 1. The first-order valence-electron chi connectivity index (χ1n) is 11.8. The highest BCUT2D eigenvalue weighted by atomic mass is 79.9. The zero-order valence-electron chi connectivity index (χ0n) is 19.4. The molecule has 34 heavy (non-hydrogen) atoms. The van der Waals surface area contributed by atoms with Gasteiger partial charge in [0.15, 0.2) is 6.10 Å². The van der Waals surface area contributed by atoms with Crippen LogP contribution < -0.4 is 4.90 Å². The summed E-state index contributed by atoms with van der Waals surface area (Å²) in [5, 5.41) is 0. The number of carbonyl (C=O) groups is 1. The number of anilines is 1. The largest absolute Gasteiger partial charge is 0.440 e. The number of nitrogens with zero attached hydrogens (tertiary/aromatic N) is 2. The lowest BCUT2D eigenvalue weighted by atomic mass is 9.84. The molecule has 3 fully saturated rings. The molecule has 4 nitrogen and oxygen atoms in total. The minimum Gasteiger partial charge on any atom is -0.440 e. The van der Waals surface area contributed by atoms with E-state index in [9.17, 15) is 4.79 Å². The smallest absolute Gasteiger partial charge is 0.415 e. The van der Waals surface area contributed by atoms with E-state index in [1.165, 1.54) is 18.0 Å². The molecule has 0 N–H and O–H groups in total. The summed E-state index contributed by atoms with van der Waals surface area (Å²) >= 11 is 7.12. The molecule has 1 unspecified atom stereocenters. The Labute approximate surface area is 218 Å². The lowest BCUT2D eigenvalue weighted by molar-refractivity contribution is -0.934. The number of benzene rings is 2. The lowest BCUT2D eigenvalue weighted by Crippen LogP contribution is -2.64. The van der Waals surface area contributed by atoms with E-state index in [-0.39, 0.29) is 12.2 Å². The molecule has 4 heterocycles. The molecule has 1 aromatic heterocycles. The predicted octanol–water partition coefficient (Wildman–Crippen LogP) is 7.32. The second-order valence-electron chi connectivity index (χ2n) is 9.45. The fourth-order valence-electron chi connectivity index (χ4n) is 5.11. The summed E-state index contributed by atoms with van der Waals surface area (Å²) in [5.74, 6) is 1.51. The Morgan fingerprint density at radius 3 is 2.62 bits per heavy atom. The molecule has 3 saturated heterocycles. The molecule has 0 saturated carbocycles. The predicted molar refractivity (Wildman–Crippen MR) is 144 cm³/mol. The molecular weight excluding hydrogens is 528 g/mol. The molecule has 0 aliphatic carbocycles. The van der Waals surface area contributed by atoms with Crippen LogP contribution in [0.15, 0.2) is 75.4 Å². The van der Waals surface area contributed by atoms with Crippen molar-refractivity contribution in [3.8, 4) is 0 Å². The summed E-state index contributed by atoms with van der Waals surface area (Å²) in [5.41, 5.74) is 2.02. The van der Waals surface area contributed by atoms with E-state index in [0.717, 1.165) is 49.7 Å². The van der Waals surface area contributed by atoms with Gasteiger partial charge in [-0.05, 0) is 64.8 Å². The maximum absolute atomic E-state index is 13.6. The Morgan fingerprint density at radius 2 is 1.91 bits per heavy atom. The number of thiophene rings is 1. The van der Waals surface area contributed by atoms with Crippen LogP contribution in [0.25, 0.3) is 0 Å². The molecule has 178 valence electrons. The summed E-state index contributed by atoms with van der Waals surface area (Å²) in [6.07, 6.45) is 2.02. The van der Waals surface area contributed by atoms with Crippen LogP contribution in [0, 0.1) is 12.8 Å². The first-order chi connectivity index (χ1) is 16.5. The normalized spacial score (nSPS) is 23.6. The quantitative estimate of drug-likeness (QED) is 0.225. The molecule has 7 heteroatoms. The first-order valence-corrected chi connectivity index (χ1v) is 14.4. The first kappa shape index (κ1) is 23.9. The number of hydrogen-bond acceptors (Lipinski definition) is 4. The number of rotatable bonds is 7. The molecule has 2 aromatic carbocycles. The molecular formula is C27H30BrN2O2S2+. The number of carbonyl (C=O) groups excluding carboxylic acids is 1. The number of hydrogen-bond donors (Lipinski definition) is 0. The number of piperidine rings is 3. The number of quaternary nitrogens is 1. The van der Waals surface area contributed by atoms with Gasteiger partial charge in [0.05, 0.1) is 23.4 Å². The molecule has 2 bridgehead atoms. The topological polar surface area (TPSA) is 29.5 Å². The number of ether oxygens (including phenoxy) is 1. The summed E-state index contributed by atoms with van der Waals surface area (Å²) < 4.78 is 8.40. The van der Waals surface area contributed by atoms with Crippen molar-refractivity contribution in [1.29, 1.82) is 0 Å². The van der Waals surface area contributed by atoms with Crippen LogP contribution in [0.2, 0.25) is 0 Å². The van der Waals surface area contributed by atoms with Gasteiger partial charge in [-0.2, -0.15) is 0 Å². The van der Waals surface area contributed by atoms with Crippen molar-refractivity contribution in [3.63, 3.8) is 0 Å². The van der Waals surface area contributed by atoms with Gasteiger partial charge in [-0.15, -0.1) is 11.3 Å². The van der Waals surface area contributed by atoms with Crippen LogP contribution >= 0.6 is 39.0 Å². The van der Waals surface area contributed by atoms with Gasteiger partial charge in [-0.25, -0.2) is 4.79 Å². The number of amides is 1. The van der Waals surface area contributed by atoms with Crippen LogP contribution in [0.3, 0.4) is 0 Å². The van der Waals surface area contributed by atoms with Crippen molar-refractivity contribution >= 4 is 50.8 Å². The van der Waals surface area contributed by atoms with E-state index < -0.39 is 0 Å². The maximum atomic E-state index is 13.6. The Morgan fingerprint density at radius 1 is 1.12 bits per heavy atom. The fraction of sp³-hybridized carbons (Fsp3) is 0.370. The van der Waals surface area contributed by atoms with E-state index in [1.807, 2.05) is 30.0 Å². The zero-order valence-corrected chi connectivity index (χ0v) is 22.6. The van der Waals surface area contributed by atoms with Gasteiger partial charge < -0.3 is 9.22 Å². The van der Waals surface area contributed by atoms with E-state index >= 15 is 0 Å². The van der Waals surface area contributed by atoms with Crippen LogP contribution in [-0.4, -0.2) is 42.2 Å². The SMILES string of the molecule is Cc1cccc(N(Cc2ccc(Br)s2)C(=O)OC2C[N+]3(CSc4ccccc4)CCC2CC3)c1. The van der Waals surface area contributed by atoms with Crippen molar-refractivity contribution in [2.45, 2.75) is 37.3 Å². The molecule has 0 spiro atoms. The van der Waals surface area contributed by atoms with Gasteiger partial charge in [0.1, 0.15) is 12.4 Å². The molecule has 3 aromatic rings. The molecule has 0 radical (unpaired) electrons. The molecule has 3 aliphatic rings. The summed E-state index contributed by atoms with van der Waals surface area (Å²) in [6.45, 7) is 5.86. The standard InChI is InChI=1S/C27H30BrN2O2S2/c1-20-6-5-7-22(16-20)29(17-24-10-11-26(28)34-24)27(31)32-25-18-30(14-12-21(25)13-15-30)19-33-23-8-3-2-4-9-23/h2-11,16,21,25H,12-15,17-19H2,1H3/q+1. The average Bonchev–Trinajstić information content (AvgIpc) is 3.27. The number of thioether (sulfide) groups is 1. The van der Waals surface area contributed by atoms with Crippen LogP contribution in [0.4, 0.5) is 10.5 Å². The summed E-state index contributed by atoms with van der Waals surface area (Å²) in [4.78, 5) is 17.8. The highest BCUT2D eigenvalue weighted by Gasteiger charge is 2.48. The average molecular weight is 559 g/mol. The van der Waals surface area contributed by atoms with E-state index in [4.69, 9.17) is 4.74 Å². The Bertz CT molecular complexity index is 1130. The Balaban J connectivity index is 1.30. The third kappa shape index (κ3) is 5.54. The van der Waals surface area contributed by atoms with Gasteiger partial charge in [0.25, 0.3) is 0 Å². The van der Waals surface area contributed by atoms with Gasteiger partial charge in [-0.1, -0.05) is 42.1 Å². The van der Waals surface area contributed by atoms with Gasteiger partial charge >= 0.3 is 6.09 Å². The molecule has 1 amide bonds. The van der Waals surface area contributed by atoms with E-state index in [1.54, 1.807) is 16.2 Å². The second kappa shape index (κ2) is 10.4. The molecule has 3 aliphatic heterocycles. The summed E-state index contributed by atoms with van der Waals surface area (Å²) in [7, 11) is 0. The van der Waals surface area contributed by atoms with E-state index in [2.05, 4.69) is 71.4 Å². The lowest BCUT2D eigenvalue weighted by Gasteiger charge is -2.51. The zero-order chi connectivity index (χ0) is 23.5. The number of halogens is 1. The molecule has 6 rings (SSSR count). The van der Waals surface area contributed by atoms with Crippen LogP contribution in [0.1, 0.15) is 23.3 Å². The second-order valence-corrected chi connectivity index (χ2v) is 13.0. The van der Waals surface area contributed by atoms with Crippen molar-refractivity contribution < 1.29 is 14.0 Å². The molecule has 1 atom stereocenters. The summed E-state index contributed by atoms with van der Waals surface area (Å²) in [6, 6.07) is 22.8. The highest BCUT2D eigenvalue weighted by Crippen LogP contribution is 2.38. The van der Waals surface area contributed by atoms with E-state index in [0.29, 0.717) is 12.5 Å². The third-order valence-corrected chi connectivity index (χ3v) is 9.91. The van der Waals surface area contributed by atoms with Gasteiger partial charge in [0.2, 0.25) is 0 Å². The third-order valence-electron chi connectivity index (χ3n) is 7.02. The van der Waals surface area contributed by atoms with Crippen molar-refractivity contribution in [2.75, 3.05) is 30.4 Å². The van der Waals surface area contributed by atoms with Crippen molar-refractivity contribution in [1.82, 2.24) is 0 Å². The van der Waals surface area contributed by atoms with Gasteiger partial charge in [-0.3, -0.25) is 4.90 Å². The number of fused-ring (bicyclic) bond motifs is 3. The van der Waals surface area contributed by atoms with Crippen LogP contribution in [-0.2, 0) is 11.3 Å².